The molecule has 0 saturated heterocycles. The van der Waals surface area contributed by atoms with E-state index in [2.05, 4.69) is 0 Å². The Bertz CT molecular complexity index is 832. The number of furan rings is 1. The number of hydrogen-bond acceptors (Lipinski definition) is 2. The average molecular weight is 374 g/mol. The van der Waals surface area contributed by atoms with Crippen molar-refractivity contribution in [1.82, 2.24) is 4.90 Å². The minimum Gasteiger partial charge on any atom is -0.467 e. The summed E-state index contributed by atoms with van der Waals surface area (Å²) in [4.78, 5) is 14.7. The van der Waals surface area contributed by atoms with Crippen LogP contribution in [0.1, 0.15) is 21.7 Å². The quantitative estimate of drug-likeness (QED) is 0.573. The maximum absolute atomic E-state index is 13.0. The molecule has 3 nitrogen and oxygen atoms in total. The van der Waals surface area contributed by atoms with Crippen molar-refractivity contribution in [3.05, 3.63) is 93.9 Å². The van der Waals surface area contributed by atoms with E-state index in [0.29, 0.717) is 28.7 Å². The molecule has 0 spiro atoms. The Balaban J connectivity index is 1.80. The van der Waals surface area contributed by atoms with Crippen molar-refractivity contribution in [1.29, 1.82) is 0 Å². The molecule has 1 heterocycles. The number of nitrogens with zero attached hydrogens (tertiary/aromatic N) is 1. The van der Waals surface area contributed by atoms with Gasteiger partial charge in [-0.3, -0.25) is 4.79 Å². The van der Waals surface area contributed by atoms with Gasteiger partial charge < -0.3 is 9.32 Å². The molecular weight excluding hydrogens is 357 g/mol. The standard InChI is InChI=1S/C20H17Cl2NO2/c21-16-8-9-18(19(22)13-16)20(24)23(14-17-7-4-12-25-17)11-10-15-5-2-1-3-6-15/h1-9,12-13H,10-11,14H2. The zero-order chi connectivity index (χ0) is 17.6. The van der Waals surface area contributed by atoms with Gasteiger partial charge in [-0.05, 0) is 42.3 Å². The molecule has 0 unspecified atom stereocenters. The van der Waals surface area contributed by atoms with Crippen molar-refractivity contribution < 1.29 is 9.21 Å². The minimum atomic E-state index is -0.144. The van der Waals surface area contributed by atoms with E-state index in [1.807, 2.05) is 42.5 Å². The lowest BCUT2D eigenvalue weighted by atomic mass is 10.1. The van der Waals surface area contributed by atoms with Gasteiger partial charge in [0, 0.05) is 11.6 Å². The fourth-order valence-corrected chi connectivity index (χ4v) is 3.07. The Morgan fingerprint density at radius 2 is 1.80 bits per heavy atom. The molecular formula is C20H17Cl2NO2. The summed E-state index contributed by atoms with van der Waals surface area (Å²) in [7, 11) is 0. The van der Waals surface area contributed by atoms with Crippen LogP contribution in [0, 0.1) is 0 Å². The summed E-state index contributed by atoms with van der Waals surface area (Å²) in [6.45, 7) is 0.945. The fraction of sp³-hybridized carbons (Fsp3) is 0.150. The van der Waals surface area contributed by atoms with E-state index in [0.717, 1.165) is 12.2 Å². The van der Waals surface area contributed by atoms with Gasteiger partial charge in [0.1, 0.15) is 5.76 Å². The van der Waals surface area contributed by atoms with E-state index in [1.165, 1.54) is 5.56 Å². The molecule has 0 N–H and O–H groups in total. The van der Waals surface area contributed by atoms with Crippen molar-refractivity contribution in [2.75, 3.05) is 6.54 Å². The summed E-state index contributed by atoms with van der Waals surface area (Å²) in [6, 6.07) is 18.6. The predicted molar refractivity (Wildman–Crippen MR) is 100 cm³/mol. The van der Waals surface area contributed by atoms with Crippen LogP contribution in [0.3, 0.4) is 0 Å². The molecule has 5 heteroatoms. The van der Waals surface area contributed by atoms with Crippen molar-refractivity contribution in [3.8, 4) is 0 Å². The number of benzene rings is 2. The lowest BCUT2D eigenvalue weighted by Gasteiger charge is -2.22. The molecule has 0 bridgehead atoms. The Kier molecular flexibility index (Phi) is 5.79. The molecule has 3 rings (SSSR count). The maximum Gasteiger partial charge on any atom is 0.255 e. The summed E-state index contributed by atoms with van der Waals surface area (Å²) in [5.41, 5.74) is 1.60. The number of halogens is 2. The molecule has 128 valence electrons. The van der Waals surface area contributed by atoms with Crippen LogP contribution in [0.2, 0.25) is 10.0 Å². The van der Waals surface area contributed by atoms with Gasteiger partial charge in [-0.1, -0.05) is 53.5 Å². The van der Waals surface area contributed by atoms with Crippen LogP contribution >= 0.6 is 23.2 Å². The van der Waals surface area contributed by atoms with Gasteiger partial charge >= 0.3 is 0 Å². The van der Waals surface area contributed by atoms with Crippen molar-refractivity contribution in [2.45, 2.75) is 13.0 Å². The summed E-state index contributed by atoms with van der Waals surface area (Å²) < 4.78 is 5.40. The molecule has 0 aliphatic heterocycles. The third-order valence-electron chi connectivity index (χ3n) is 3.89. The zero-order valence-electron chi connectivity index (χ0n) is 13.5. The Labute approximate surface area is 156 Å². The van der Waals surface area contributed by atoms with E-state index in [9.17, 15) is 4.79 Å². The first kappa shape index (κ1) is 17.6. The third kappa shape index (κ3) is 4.65. The van der Waals surface area contributed by atoms with Crippen LogP contribution in [0.5, 0.6) is 0 Å². The Hall–Kier alpha value is -2.23. The van der Waals surface area contributed by atoms with Gasteiger partial charge in [-0.25, -0.2) is 0 Å². The SMILES string of the molecule is O=C(c1ccc(Cl)cc1Cl)N(CCc1ccccc1)Cc1ccco1. The second-order valence-corrected chi connectivity index (χ2v) is 6.51. The van der Waals surface area contributed by atoms with Crippen LogP contribution < -0.4 is 0 Å². The number of carbonyl (C=O) groups is 1. The molecule has 1 aromatic heterocycles. The van der Waals surface area contributed by atoms with Crippen LogP contribution in [-0.2, 0) is 13.0 Å². The molecule has 0 aliphatic rings. The monoisotopic (exact) mass is 373 g/mol. The van der Waals surface area contributed by atoms with Crippen LogP contribution in [0.15, 0.2) is 71.3 Å². The van der Waals surface area contributed by atoms with Crippen LogP contribution in [-0.4, -0.2) is 17.4 Å². The first-order valence-corrected chi connectivity index (χ1v) is 8.70. The number of hydrogen-bond donors (Lipinski definition) is 0. The van der Waals surface area contributed by atoms with Gasteiger partial charge in [0.2, 0.25) is 0 Å². The van der Waals surface area contributed by atoms with Crippen LogP contribution in [0.4, 0.5) is 0 Å². The number of carbonyl (C=O) groups excluding carboxylic acids is 1. The summed E-state index contributed by atoms with van der Waals surface area (Å²) in [5, 5.41) is 0.852. The van der Waals surface area contributed by atoms with Gasteiger partial charge in [-0.15, -0.1) is 0 Å². The molecule has 25 heavy (non-hydrogen) atoms. The molecule has 0 fully saturated rings. The average Bonchev–Trinajstić information content (AvgIpc) is 3.12. The third-order valence-corrected chi connectivity index (χ3v) is 4.44. The second kappa shape index (κ2) is 8.24. The van der Waals surface area contributed by atoms with Gasteiger partial charge in [0.15, 0.2) is 0 Å². The van der Waals surface area contributed by atoms with Crippen molar-refractivity contribution in [2.24, 2.45) is 0 Å². The Morgan fingerprint density at radius 3 is 2.48 bits per heavy atom. The molecule has 0 saturated carbocycles. The second-order valence-electron chi connectivity index (χ2n) is 5.67. The summed E-state index contributed by atoms with van der Waals surface area (Å²) >= 11 is 12.1. The summed E-state index contributed by atoms with van der Waals surface area (Å²) in [5.74, 6) is 0.584. The molecule has 0 atom stereocenters. The minimum absolute atomic E-state index is 0.144. The van der Waals surface area contributed by atoms with Gasteiger partial charge in [0.25, 0.3) is 5.91 Å². The molecule has 1 amide bonds. The van der Waals surface area contributed by atoms with E-state index < -0.39 is 0 Å². The highest BCUT2D eigenvalue weighted by atomic mass is 35.5. The fourth-order valence-electron chi connectivity index (χ4n) is 2.59. The van der Waals surface area contributed by atoms with E-state index in [4.69, 9.17) is 27.6 Å². The first-order chi connectivity index (χ1) is 12.1. The Morgan fingerprint density at radius 1 is 1.00 bits per heavy atom. The predicted octanol–water partition coefficient (Wildman–Crippen LogP) is 5.47. The molecule has 2 aromatic carbocycles. The van der Waals surface area contributed by atoms with E-state index >= 15 is 0 Å². The van der Waals surface area contributed by atoms with Crippen molar-refractivity contribution in [3.63, 3.8) is 0 Å². The topological polar surface area (TPSA) is 33.5 Å². The van der Waals surface area contributed by atoms with Crippen molar-refractivity contribution >= 4 is 29.1 Å². The van der Waals surface area contributed by atoms with E-state index in [1.54, 1.807) is 29.4 Å². The highest BCUT2D eigenvalue weighted by molar-refractivity contribution is 6.36. The first-order valence-electron chi connectivity index (χ1n) is 7.94. The normalized spacial score (nSPS) is 10.6. The molecule has 0 aliphatic carbocycles. The largest absolute Gasteiger partial charge is 0.467 e. The highest BCUT2D eigenvalue weighted by Gasteiger charge is 2.20. The van der Waals surface area contributed by atoms with Gasteiger partial charge in [0.05, 0.1) is 23.4 Å². The lowest BCUT2D eigenvalue weighted by molar-refractivity contribution is 0.0733. The van der Waals surface area contributed by atoms with E-state index in [-0.39, 0.29) is 5.91 Å². The smallest absolute Gasteiger partial charge is 0.255 e. The highest BCUT2D eigenvalue weighted by Crippen LogP contribution is 2.23. The summed E-state index contributed by atoms with van der Waals surface area (Å²) in [6.07, 6.45) is 2.35. The maximum atomic E-state index is 13.0. The lowest BCUT2D eigenvalue weighted by Crippen LogP contribution is -2.32. The molecule has 3 aromatic rings. The number of rotatable bonds is 6. The zero-order valence-corrected chi connectivity index (χ0v) is 15.0. The van der Waals surface area contributed by atoms with Gasteiger partial charge in [-0.2, -0.15) is 0 Å². The number of amides is 1. The van der Waals surface area contributed by atoms with Crippen LogP contribution in [0.25, 0.3) is 0 Å². The molecule has 0 radical (unpaired) electrons.